The van der Waals surface area contributed by atoms with Gasteiger partial charge in [0.25, 0.3) is 5.91 Å². The average molecular weight is 327 g/mol. The van der Waals surface area contributed by atoms with Crippen LogP contribution in [-0.4, -0.2) is 52.0 Å². The van der Waals surface area contributed by atoms with E-state index in [1.807, 2.05) is 12.1 Å². The van der Waals surface area contributed by atoms with Gasteiger partial charge in [-0.1, -0.05) is 0 Å². The van der Waals surface area contributed by atoms with Crippen molar-refractivity contribution < 1.29 is 4.79 Å². The molecule has 3 N–H and O–H groups in total. The second-order valence-corrected chi connectivity index (χ2v) is 6.24. The SMILES string of the molecule is O=C(NCC1CCCN1c1cccnn1)c1n[nH]c2c1CNCC2. The summed E-state index contributed by atoms with van der Waals surface area (Å²) in [4.78, 5) is 14.7. The number of hydrogen-bond acceptors (Lipinski definition) is 6. The molecule has 4 heterocycles. The lowest BCUT2D eigenvalue weighted by Crippen LogP contribution is -2.41. The molecule has 126 valence electrons. The maximum atomic E-state index is 12.5. The molecule has 1 amide bonds. The fourth-order valence-electron chi connectivity index (χ4n) is 3.50. The molecule has 0 spiro atoms. The number of H-pyrrole nitrogens is 1. The van der Waals surface area contributed by atoms with Crippen LogP contribution in [0.15, 0.2) is 18.3 Å². The highest BCUT2D eigenvalue weighted by Crippen LogP contribution is 2.22. The predicted octanol–water partition coefficient (Wildman–Crippen LogP) is 0.244. The van der Waals surface area contributed by atoms with Gasteiger partial charge in [-0.2, -0.15) is 10.2 Å². The van der Waals surface area contributed by atoms with Crippen molar-refractivity contribution in [2.45, 2.75) is 31.8 Å². The molecule has 0 radical (unpaired) electrons. The van der Waals surface area contributed by atoms with Gasteiger partial charge in [0, 0.05) is 56.1 Å². The second-order valence-electron chi connectivity index (χ2n) is 6.24. The summed E-state index contributed by atoms with van der Waals surface area (Å²) in [5, 5.41) is 21.7. The minimum atomic E-state index is -0.109. The van der Waals surface area contributed by atoms with Crippen molar-refractivity contribution in [3.8, 4) is 0 Å². The van der Waals surface area contributed by atoms with Crippen LogP contribution < -0.4 is 15.5 Å². The molecule has 2 aliphatic rings. The number of nitrogens with one attached hydrogen (secondary N) is 3. The van der Waals surface area contributed by atoms with Crippen molar-refractivity contribution in [3.05, 3.63) is 35.3 Å². The molecule has 0 aliphatic carbocycles. The van der Waals surface area contributed by atoms with Gasteiger partial charge in [0.2, 0.25) is 0 Å². The first-order valence-corrected chi connectivity index (χ1v) is 8.42. The Balaban J connectivity index is 1.41. The van der Waals surface area contributed by atoms with Crippen LogP contribution in [0.2, 0.25) is 0 Å². The highest BCUT2D eigenvalue weighted by atomic mass is 16.1. The number of fused-ring (bicyclic) bond motifs is 1. The molecule has 1 unspecified atom stereocenters. The third kappa shape index (κ3) is 2.84. The molecule has 2 aliphatic heterocycles. The average Bonchev–Trinajstić information content (AvgIpc) is 3.27. The monoisotopic (exact) mass is 327 g/mol. The maximum Gasteiger partial charge on any atom is 0.272 e. The van der Waals surface area contributed by atoms with E-state index in [0.29, 0.717) is 18.8 Å². The normalized spacial score (nSPS) is 20.0. The Labute approximate surface area is 140 Å². The lowest BCUT2D eigenvalue weighted by atomic mass is 10.1. The summed E-state index contributed by atoms with van der Waals surface area (Å²) in [6.45, 7) is 3.15. The molecule has 4 rings (SSSR count). The van der Waals surface area contributed by atoms with Crippen LogP contribution >= 0.6 is 0 Å². The molecule has 0 bridgehead atoms. The molecule has 1 fully saturated rings. The van der Waals surface area contributed by atoms with Gasteiger partial charge in [0.05, 0.1) is 0 Å². The molecular weight excluding hydrogens is 306 g/mol. The summed E-state index contributed by atoms with van der Waals surface area (Å²) in [6.07, 6.45) is 4.69. The van der Waals surface area contributed by atoms with Crippen molar-refractivity contribution in [1.29, 1.82) is 0 Å². The van der Waals surface area contributed by atoms with Gasteiger partial charge in [-0.25, -0.2) is 0 Å². The molecule has 0 saturated carbocycles. The van der Waals surface area contributed by atoms with E-state index in [-0.39, 0.29) is 11.9 Å². The zero-order valence-electron chi connectivity index (χ0n) is 13.5. The highest BCUT2D eigenvalue weighted by molar-refractivity contribution is 5.94. The van der Waals surface area contributed by atoms with Crippen LogP contribution in [0.3, 0.4) is 0 Å². The zero-order valence-corrected chi connectivity index (χ0v) is 13.5. The highest BCUT2D eigenvalue weighted by Gasteiger charge is 2.27. The summed E-state index contributed by atoms with van der Waals surface area (Å²) in [5.74, 6) is 0.762. The molecule has 8 heteroatoms. The van der Waals surface area contributed by atoms with Crippen molar-refractivity contribution >= 4 is 11.7 Å². The number of amides is 1. The Hall–Kier alpha value is -2.48. The first kappa shape index (κ1) is 15.1. The molecular formula is C16H21N7O. The summed E-state index contributed by atoms with van der Waals surface area (Å²) < 4.78 is 0. The third-order valence-electron chi connectivity index (χ3n) is 4.75. The van der Waals surface area contributed by atoms with E-state index in [2.05, 4.69) is 35.9 Å². The second kappa shape index (κ2) is 6.56. The predicted molar refractivity (Wildman–Crippen MR) is 88.7 cm³/mol. The van der Waals surface area contributed by atoms with Crippen molar-refractivity contribution in [3.63, 3.8) is 0 Å². The van der Waals surface area contributed by atoms with E-state index in [4.69, 9.17) is 0 Å². The zero-order chi connectivity index (χ0) is 16.4. The smallest absolute Gasteiger partial charge is 0.272 e. The van der Waals surface area contributed by atoms with Crippen molar-refractivity contribution in [1.82, 2.24) is 31.0 Å². The number of nitrogens with zero attached hydrogens (tertiary/aromatic N) is 4. The maximum absolute atomic E-state index is 12.5. The van der Waals surface area contributed by atoms with Gasteiger partial charge in [-0.05, 0) is 25.0 Å². The summed E-state index contributed by atoms with van der Waals surface area (Å²) in [5.41, 5.74) is 2.58. The van der Waals surface area contributed by atoms with E-state index >= 15 is 0 Å². The molecule has 8 nitrogen and oxygen atoms in total. The van der Waals surface area contributed by atoms with E-state index in [0.717, 1.165) is 49.4 Å². The molecule has 0 aromatic carbocycles. The standard InChI is InChI=1S/C16H21N7O/c24-16(15-12-10-17-7-5-13(12)20-22-15)18-9-11-3-2-8-23(11)14-4-1-6-19-21-14/h1,4,6,11,17H,2-3,5,7-10H2,(H,18,24)(H,20,22). The number of carbonyl (C=O) groups excluding carboxylic acids is 1. The Morgan fingerprint density at radius 3 is 3.29 bits per heavy atom. The minimum Gasteiger partial charge on any atom is -0.350 e. The van der Waals surface area contributed by atoms with Gasteiger partial charge in [-0.3, -0.25) is 9.89 Å². The summed E-state index contributed by atoms with van der Waals surface area (Å²) >= 11 is 0. The quantitative estimate of drug-likeness (QED) is 0.744. The van der Waals surface area contributed by atoms with Gasteiger partial charge in [-0.15, -0.1) is 5.10 Å². The van der Waals surface area contributed by atoms with Crippen molar-refractivity contribution in [2.75, 3.05) is 24.5 Å². The first-order chi connectivity index (χ1) is 11.8. The van der Waals surface area contributed by atoms with Crippen LogP contribution in [0.25, 0.3) is 0 Å². The minimum absolute atomic E-state index is 0.109. The fraction of sp³-hybridized carbons (Fsp3) is 0.500. The summed E-state index contributed by atoms with van der Waals surface area (Å²) in [6, 6.07) is 4.10. The van der Waals surface area contributed by atoms with E-state index in [9.17, 15) is 4.79 Å². The van der Waals surface area contributed by atoms with E-state index < -0.39 is 0 Å². The number of aromatic amines is 1. The molecule has 1 saturated heterocycles. The lowest BCUT2D eigenvalue weighted by molar-refractivity contribution is 0.0945. The van der Waals surface area contributed by atoms with Crippen LogP contribution in [0.4, 0.5) is 5.82 Å². The van der Waals surface area contributed by atoms with Crippen LogP contribution in [0.1, 0.15) is 34.6 Å². The number of aromatic nitrogens is 4. The Kier molecular flexibility index (Phi) is 4.12. The molecule has 2 aromatic rings. The molecule has 24 heavy (non-hydrogen) atoms. The van der Waals surface area contributed by atoms with Gasteiger partial charge in [0.1, 0.15) is 0 Å². The number of hydrogen-bond donors (Lipinski definition) is 3. The Morgan fingerprint density at radius 1 is 1.46 bits per heavy atom. The van der Waals surface area contributed by atoms with Crippen LogP contribution in [0.5, 0.6) is 0 Å². The van der Waals surface area contributed by atoms with Gasteiger partial charge >= 0.3 is 0 Å². The van der Waals surface area contributed by atoms with Gasteiger partial charge in [0.15, 0.2) is 11.5 Å². The van der Waals surface area contributed by atoms with E-state index in [1.165, 1.54) is 0 Å². The van der Waals surface area contributed by atoms with Gasteiger partial charge < -0.3 is 15.5 Å². The Morgan fingerprint density at radius 2 is 2.42 bits per heavy atom. The van der Waals surface area contributed by atoms with Crippen LogP contribution in [0, 0.1) is 0 Å². The number of rotatable bonds is 4. The first-order valence-electron chi connectivity index (χ1n) is 8.42. The number of carbonyl (C=O) groups is 1. The van der Waals surface area contributed by atoms with Crippen molar-refractivity contribution in [2.24, 2.45) is 0 Å². The molecule has 2 aromatic heterocycles. The largest absolute Gasteiger partial charge is 0.350 e. The van der Waals surface area contributed by atoms with Crippen LogP contribution in [-0.2, 0) is 13.0 Å². The van der Waals surface area contributed by atoms with E-state index in [1.54, 1.807) is 6.20 Å². The number of anilines is 1. The molecule has 1 atom stereocenters. The third-order valence-corrected chi connectivity index (χ3v) is 4.75. The summed E-state index contributed by atoms with van der Waals surface area (Å²) in [7, 11) is 0. The topological polar surface area (TPSA) is 98.8 Å². The lowest BCUT2D eigenvalue weighted by Gasteiger charge is -2.25. The fourth-order valence-corrected chi connectivity index (χ4v) is 3.50. The Bertz CT molecular complexity index is 714.